The Kier molecular flexibility index (Phi) is 8.14. The number of ether oxygens (including phenoxy) is 3. The number of nitrogen functional groups attached to an aromatic ring is 1. The Labute approximate surface area is 183 Å². The topological polar surface area (TPSA) is 134 Å². The van der Waals surface area contributed by atoms with Gasteiger partial charge in [0.2, 0.25) is 0 Å². The number of anilines is 1. The zero-order valence-corrected chi connectivity index (χ0v) is 18.4. The van der Waals surface area contributed by atoms with E-state index in [0.717, 1.165) is 11.3 Å². The van der Waals surface area contributed by atoms with Crippen LogP contribution in [-0.4, -0.2) is 44.1 Å². The monoisotopic (exact) mass is 448 g/mol. The van der Waals surface area contributed by atoms with Crippen molar-refractivity contribution in [2.75, 3.05) is 20.0 Å². The summed E-state index contributed by atoms with van der Waals surface area (Å²) in [6.45, 7) is 3.07. The Bertz CT molecular complexity index is 970. The lowest BCUT2D eigenvalue weighted by molar-refractivity contribution is -0.148. The van der Waals surface area contributed by atoms with E-state index in [1.807, 2.05) is 0 Å². The van der Waals surface area contributed by atoms with Gasteiger partial charge in [-0.3, -0.25) is 4.79 Å². The van der Waals surface area contributed by atoms with E-state index >= 15 is 0 Å². The fourth-order valence-corrected chi connectivity index (χ4v) is 3.73. The number of nitrogens with one attached hydrogen (secondary N) is 1. The lowest BCUT2D eigenvalue weighted by Crippen LogP contribution is -2.45. The van der Waals surface area contributed by atoms with Crippen molar-refractivity contribution in [3.63, 3.8) is 0 Å². The largest absolute Gasteiger partial charge is 0.465 e. The standard InChI is InChI=1S/C21H24N2O7S/c1-11(2)15(23-18(24)12-8-6-5-7-9-12)20(26)30-10-13-14(19(25)28-3)17(22)31-16(13)21(27)29-4/h5-9,11,15H,10,22H2,1-4H3,(H,23,24)/t15-/m0/s1. The molecule has 0 radical (unpaired) electrons. The molecule has 1 amide bonds. The highest BCUT2D eigenvalue weighted by atomic mass is 32.1. The molecule has 1 aromatic carbocycles. The van der Waals surface area contributed by atoms with E-state index < -0.39 is 36.5 Å². The van der Waals surface area contributed by atoms with Crippen molar-refractivity contribution >= 4 is 40.2 Å². The van der Waals surface area contributed by atoms with Crippen molar-refractivity contribution in [1.29, 1.82) is 0 Å². The molecule has 2 aromatic rings. The van der Waals surface area contributed by atoms with E-state index in [0.29, 0.717) is 5.56 Å². The van der Waals surface area contributed by atoms with Crippen LogP contribution < -0.4 is 11.1 Å². The highest BCUT2D eigenvalue weighted by molar-refractivity contribution is 7.18. The molecule has 1 aromatic heterocycles. The maximum Gasteiger partial charge on any atom is 0.348 e. The molecule has 0 spiro atoms. The maximum atomic E-state index is 12.7. The number of amides is 1. The van der Waals surface area contributed by atoms with Gasteiger partial charge in [0, 0.05) is 11.1 Å². The van der Waals surface area contributed by atoms with Gasteiger partial charge in [-0.2, -0.15) is 0 Å². The first-order valence-electron chi connectivity index (χ1n) is 9.31. The molecule has 1 heterocycles. The zero-order chi connectivity index (χ0) is 23.1. The van der Waals surface area contributed by atoms with Gasteiger partial charge < -0.3 is 25.3 Å². The fourth-order valence-electron chi connectivity index (χ4n) is 2.75. The quantitative estimate of drug-likeness (QED) is 0.464. The Hall–Kier alpha value is -3.40. The second kappa shape index (κ2) is 10.6. The number of benzene rings is 1. The van der Waals surface area contributed by atoms with Gasteiger partial charge in [-0.05, 0) is 18.1 Å². The molecule has 1 atom stereocenters. The summed E-state index contributed by atoms with van der Waals surface area (Å²) in [5, 5.41) is 2.69. The number of thiophene rings is 1. The van der Waals surface area contributed by atoms with Crippen LogP contribution in [0.5, 0.6) is 0 Å². The van der Waals surface area contributed by atoms with Crippen LogP contribution >= 0.6 is 11.3 Å². The van der Waals surface area contributed by atoms with Gasteiger partial charge in [-0.15, -0.1) is 11.3 Å². The molecule has 0 aliphatic heterocycles. The number of methoxy groups -OCH3 is 2. The highest BCUT2D eigenvalue weighted by Gasteiger charge is 2.30. The summed E-state index contributed by atoms with van der Waals surface area (Å²) in [5.74, 6) is -2.94. The smallest absolute Gasteiger partial charge is 0.348 e. The van der Waals surface area contributed by atoms with Crippen LogP contribution in [0.1, 0.15) is 49.8 Å². The first kappa shape index (κ1) is 23.9. The summed E-state index contributed by atoms with van der Waals surface area (Å²) in [4.78, 5) is 49.4. The average molecular weight is 448 g/mol. The van der Waals surface area contributed by atoms with E-state index in [4.69, 9.17) is 19.9 Å². The second-order valence-corrected chi connectivity index (χ2v) is 7.85. The third-order valence-corrected chi connectivity index (χ3v) is 5.44. The molecule has 0 aliphatic carbocycles. The highest BCUT2D eigenvalue weighted by Crippen LogP contribution is 2.33. The molecule has 9 nitrogen and oxygen atoms in total. The van der Waals surface area contributed by atoms with E-state index in [9.17, 15) is 19.2 Å². The van der Waals surface area contributed by atoms with Crippen LogP contribution in [-0.2, 0) is 25.6 Å². The number of carbonyl (C=O) groups excluding carboxylic acids is 4. The summed E-state index contributed by atoms with van der Waals surface area (Å²) in [7, 11) is 2.35. The van der Waals surface area contributed by atoms with Crippen LogP contribution in [0.2, 0.25) is 0 Å². The van der Waals surface area contributed by atoms with Gasteiger partial charge >= 0.3 is 17.9 Å². The number of hydrogen-bond acceptors (Lipinski definition) is 9. The number of nitrogens with two attached hydrogens (primary N) is 1. The van der Waals surface area contributed by atoms with Crippen LogP contribution in [0, 0.1) is 5.92 Å². The third kappa shape index (κ3) is 5.60. The molecular formula is C21H24N2O7S. The predicted molar refractivity (Wildman–Crippen MR) is 114 cm³/mol. The van der Waals surface area contributed by atoms with Crippen molar-refractivity contribution in [2.24, 2.45) is 5.92 Å². The molecule has 3 N–H and O–H groups in total. The van der Waals surface area contributed by atoms with E-state index in [1.165, 1.54) is 14.2 Å². The molecule has 0 aliphatic rings. The van der Waals surface area contributed by atoms with Crippen molar-refractivity contribution in [1.82, 2.24) is 5.32 Å². The molecule has 0 saturated carbocycles. The number of carbonyl (C=O) groups is 4. The summed E-state index contributed by atoms with van der Waals surface area (Å²) < 4.78 is 14.8. The summed E-state index contributed by atoms with van der Waals surface area (Å²) in [6.07, 6.45) is 0. The van der Waals surface area contributed by atoms with Gasteiger partial charge in [-0.1, -0.05) is 32.0 Å². The minimum absolute atomic E-state index is 0.0302. The Morgan fingerprint density at radius 2 is 1.65 bits per heavy atom. The second-order valence-electron chi connectivity index (χ2n) is 6.80. The zero-order valence-electron chi connectivity index (χ0n) is 17.6. The van der Waals surface area contributed by atoms with Crippen molar-refractivity contribution in [3.05, 3.63) is 51.9 Å². The number of esters is 3. The molecule has 0 unspecified atom stereocenters. The van der Waals surface area contributed by atoms with Crippen LogP contribution in [0.3, 0.4) is 0 Å². The summed E-state index contributed by atoms with van der Waals surface area (Å²) in [5.41, 5.74) is 6.29. The molecule has 0 fully saturated rings. The Balaban J connectivity index is 2.23. The van der Waals surface area contributed by atoms with Crippen molar-refractivity contribution in [3.8, 4) is 0 Å². The maximum absolute atomic E-state index is 12.7. The van der Waals surface area contributed by atoms with Gasteiger partial charge in [-0.25, -0.2) is 14.4 Å². The van der Waals surface area contributed by atoms with Gasteiger partial charge in [0.25, 0.3) is 5.91 Å². The van der Waals surface area contributed by atoms with Crippen LogP contribution in [0.15, 0.2) is 30.3 Å². The summed E-state index contributed by atoms with van der Waals surface area (Å²) in [6, 6.07) is 7.49. The molecule has 10 heteroatoms. The average Bonchev–Trinajstić information content (AvgIpc) is 3.10. The van der Waals surface area contributed by atoms with Crippen molar-refractivity contribution < 1.29 is 33.4 Å². The van der Waals surface area contributed by atoms with Crippen molar-refractivity contribution in [2.45, 2.75) is 26.5 Å². The molecular weight excluding hydrogens is 424 g/mol. The first-order chi connectivity index (χ1) is 14.7. The van der Waals surface area contributed by atoms with Crippen LogP contribution in [0.25, 0.3) is 0 Å². The van der Waals surface area contributed by atoms with E-state index in [2.05, 4.69) is 5.32 Å². The molecule has 31 heavy (non-hydrogen) atoms. The molecule has 2 rings (SSSR count). The lowest BCUT2D eigenvalue weighted by atomic mass is 10.0. The fraction of sp³-hybridized carbons (Fsp3) is 0.333. The first-order valence-corrected chi connectivity index (χ1v) is 10.1. The normalized spacial score (nSPS) is 11.5. The number of hydrogen-bond donors (Lipinski definition) is 2. The Morgan fingerprint density at radius 3 is 2.19 bits per heavy atom. The SMILES string of the molecule is COC(=O)c1sc(N)c(C(=O)OC)c1COC(=O)[C@@H](NC(=O)c1ccccc1)C(C)C. The van der Waals surface area contributed by atoms with Gasteiger partial charge in [0.15, 0.2) is 0 Å². The summed E-state index contributed by atoms with van der Waals surface area (Å²) >= 11 is 0.833. The van der Waals surface area contributed by atoms with Crippen LogP contribution in [0.4, 0.5) is 5.00 Å². The van der Waals surface area contributed by atoms with E-state index in [-0.39, 0.29) is 26.9 Å². The number of rotatable bonds is 8. The molecule has 0 bridgehead atoms. The third-order valence-electron chi connectivity index (χ3n) is 4.40. The van der Waals surface area contributed by atoms with Gasteiger partial charge in [0.05, 0.1) is 14.2 Å². The molecule has 166 valence electrons. The molecule has 0 saturated heterocycles. The minimum Gasteiger partial charge on any atom is -0.465 e. The van der Waals surface area contributed by atoms with Gasteiger partial charge in [0.1, 0.15) is 28.1 Å². The van der Waals surface area contributed by atoms with E-state index in [1.54, 1.807) is 44.2 Å². The minimum atomic E-state index is -0.952. The lowest BCUT2D eigenvalue weighted by Gasteiger charge is -2.21. The Morgan fingerprint density at radius 1 is 1.03 bits per heavy atom. The predicted octanol–water partition coefficient (Wildman–Crippen LogP) is 2.40.